The third-order valence-electron chi connectivity index (χ3n) is 9.45. The molecule has 12 heteroatoms. The second-order valence-electron chi connectivity index (χ2n) is 13.8. The van der Waals surface area contributed by atoms with Crippen LogP contribution in [0.3, 0.4) is 0 Å². The van der Waals surface area contributed by atoms with Crippen molar-refractivity contribution in [2.24, 2.45) is 0 Å². The number of alkyl halides is 6. The van der Waals surface area contributed by atoms with Gasteiger partial charge in [-0.15, -0.1) is 0 Å². The summed E-state index contributed by atoms with van der Waals surface area (Å²) in [4.78, 5) is 0. The first-order valence-electron chi connectivity index (χ1n) is 18.9. The van der Waals surface area contributed by atoms with Gasteiger partial charge in [-0.2, -0.15) is 0 Å². The first kappa shape index (κ1) is 46.9. The van der Waals surface area contributed by atoms with Crippen molar-refractivity contribution in [1.82, 2.24) is 0 Å². The van der Waals surface area contributed by atoms with Crippen molar-refractivity contribution in [2.45, 2.75) is 200 Å². The Morgan fingerprint density at radius 1 is 0.489 bits per heavy atom. The monoisotopic (exact) mass is 730 g/mol. The van der Waals surface area contributed by atoms with E-state index < -0.39 is 34.9 Å². The first-order chi connectivity index (χ1) is 22.1. The van der Waals surface area contributed by atoms with Gasteiger partial charge in [-0.3, -0.25) is 0 Å². The average Bonchev–Trinajstić information content (AvgIpc) is 2.99. The van der Waals surface area contributed by atoms with E-state index >= 15 is 8.78 Å². The van der Waals surface area contributed by atoms with Crippen LogP contribution in [0.25, 0.3) is 0 Å². The Morgan fingerprint density at radius 3 is 1.02 bits per heavy atom. The van der Waals surface area contributed by atoms with Gasteiger partial charge in [0.1, 0.15) is 0 Å². The SMILES string of the molecule is CCCCCCCCCCCCCCP(CCCCCC)(CCCCCC)(CCCCCC)OS(=O)(=O)C(F)(F)[C@H](F)OC(F)(F)F. The molecule has 1 atom stereocenters. The molecule has 4 nitrogen and oxygen atoms in total. The van der Waals surface area contributed by atoms with Crippen LogP contribution < -0.4 is 0 Å². The summed E-state index contributed by atoms with van der Waals surface area (Å²) in [6, 6.07) is 0. The second-order valence-corrected chi connectivity index (χ2v) is 21.3. The molecule has 0 N–H and O–H groups in total. The van der Waals surface area contributed by atoms with Crippen LogP contribution in [-0.4, -0.2) is 51.0 Å². The fourth-order valence-electron chi connectivity index (χ4n) is 6.61. The van der Waals surface area contributed by atoms with Crippen molar-refractivity contribution < 1.29 is 43.5 Å². The van der Waals surface area contributed by atoms with Crippen LogP contribution in [0, 0.1) is 0 Å². The quantitative estimate of drug-likeness (QED) is 0.0383. The Kier molecular flexibility index (Phi) is 24.9. The standard InChI is InChI=1S/C35H69F6O4PS/c1-5-9-13-17-18-19-20-21-22-23-24-28-32-46(29-25-14-10-6-2,30-26-15-11-7-3,31-27-16-12-8-4)45-47(42,43)34(37,38)33(36)44-35(39,40)41/h33H,5-32H2,1-4H3/t33-/m1/s1. The van der Waals surface area contributed by atoms with Crippen LogP contribution in [0.5, 0.6) is 0 Å². The molecule has 0 aromatic heterocycles. The van der Waals surface area contributed by atoms with E-state index in [0.717, 1.165) is 83.5 Å². The van der Waals surface area contributed by atoms with E-state index in [2.05, 4.69) is 11.7 Å². The summed E-state index contributed by atoms with van der Waals surface area (Å²) in [5.41, 5.74) is 0. The minimum atomic E-state index is -6.12. The zero-order chi connectivity index (χ0) is 35.7. The predicted molar refractivity (Wildman–Crippen MR) is 187 cm³/mol. The number of hydrogen-bond donors (Lipinski definition) is 0. The molecule has 0 rings (SSSR count). The summed E-state index contributed by atoms with van der Waals surface area (Å²) >= 11 is 0. The maximum atomic E-state index is 15.1. The summed E-state index contributed by atoms with van der Waals surface area (Å²) in [6.07, 6.45) is 13.5. The second kappa shape index (κ2) is 24.9. The van der Waals surface area contributed by atoms with Crippen molar-refractivity contribution in [1.29, 1.82) is 0 Å². The van der Waals surface area contributed by atoms with Gasteiger partial charge in [0.25, 0.3) is 0 Å². The molecule has 0 spiro atoms. The summed E-state index contributed by atoms with van der Waals surface area (Å²) in [6.45, 7) is 4.27. The zero-order valence-corrected chi connectivity index (χ0v) is 31.8. The molecule has 286 valence electrons. The van der Waals surface area contributed by atoms with E-state index in [1.807, 2.05) is 20.8 Å². The van der Waals surface area contributed by atoms with Crippen LogP contribution in [-0.2, 0) is 18.8 Å². The Balaban J connectivity index is 6.23. The molecular formula is C35H69F6O4PS. The molecule has 0 aromatic rings. The van der Waals surface area contributed by atoms with E-state index in [-0.39, 0.29) is 0 Å². The molecule has 0 radical (unpaired) electrons. The molecule has 0 aromatic carbocycles. The van der Waals surface area contributed by atoms with Gasteiger partial charge in [-0.25, -0.2) is 0 Å². The van der Waals surface area contributed by atoms with Gasteiger partial charge in [0.15, 0.2) is 0 Å². The fourth-order valence-corrected chi connectivity index (χ4v) is 16.1. The number of rotatable bonds is 33. The summed E-state index contributed by atoms with van der Waals surface area (Å²) in [7, 11) is -6.12. The topological polar surface area (TPSA) is 52.6 Å². The van der Waals surface area contributed by atoms with Gasteiger partial charge in [-0.1, -0.05) is 13.3 Å². The third kappa shape index (κ3) is 19.7. The molecule has 0 saturated heterocycles. The van der Waals surface area contributed by atoms with E-state index in [1.54, 1.807) is 0 Å². The van der Waals surface area contributed by atoms with Crippen molar-refractivity contribution >= 4 is 16.9 Å². The number of halogens is 6. The molecule has 0 bridgehead atoms. The minimum absolute atomic E-state index is 0.300. The third-order valence-corrected chi connectivity index (χ3v) is 18.6. The molecule has 0 saturated carbocycles. The Morgan fingerprint density at radius 2 is 0.745 bits per heavy atom. The van der Waals surface area contributed by atoms with Crippen LogP contribution in [0.15, 0.2) is 0 Å². The molecule has 0 heterocycles. The van der Waals surface area contributed by atoms with Gasteiger partial charge in [0, 0.05) is 0 Å². The van der Waals surface area contributed by atoms with E-state index in [9.17, 15) is 26.0 Å². The number of ether oxygens (including phenoxy) is 1. The fraction of sp³-hybridized carbons (Fsp3) is 1.00. The van der Waals surface area contributed by atoms with E-state index in [1.165, 1.54) is 44.9 Å². The summed E-state index contributed by atoms with van der Waals surface area (Å²) in [5.74, 6) is 0. The number of unbranched alkanes of at least 4 members (excludes halogenated alkanes) is 20. The molecule has 0 unspecified atom stereocenters. The predicted octanol–water partition coefficient (Wildman–Crippen LogP) is 13.7. The van der Waals surface area contributed by atoms with Gasteiger partial charge in [-0.05, 0) is 0 Å². The van der Waals surface area contributed by atoms with E-state index in [4.69, 9.17) is 3.97 Å². The first-order valence-corrected chi connectivity index (χ1v) is 23.2. The van der Waals surface area contributed by atoms with Crippen LogP contribution in [0.2, 0.25) is 0 Å². The van der Waals surface area contributed by atoms with Crippen molar-refractivity contribution in [3.63, 3.8) is 0 Å². The van der Waals surface area contributed by atoms with Crippen molar-refractivity contribution in [2.75, 3.05) is 24.6 Å². The molecular weight excluding hydrogens is 661 g/mol. The molecule has 0 aliphatic carbocycles. The van der Waals surface area contributed by atoms with Gasteiger partial charge >= 0.3 is 271 Å². The van der Waals surface area contributed by atoms with Crippen LogP contribution >= 0.6 is 6.83 Å². The Hall–Kier alpha value is -0.120. The molecule has 0 fully saturated rings. The maximum absolute atomic E-state index is 15.1. The molecule has 0 aliphatic heterocycles. The average molecular weight is 731 g/mol. The number of hydrogen-bond acceptors (Lipinski definition) is 4. The van der Waals surface area contributed by atoms with Gasteiger partial charge in [0.2, 0.25) is 0 Å². The molecule has 0 amide bonds. The molecule has 0 aliphatic rings. The van der Waals surface area contributed by atoms with Crippen molar-refractivity contribution in [3.8, 4) is 0 Å². The van der Waals surface area contributed by atoms with Gasteiger partial charge in [0.05, 0.1) is 0 Å². The Bertz CT molecular complexity index is 839. The van der Waals surface area contributed by atoms with Crippen molar-refractivity contribution in [3.05, 3.63) is 0 Å². The summed E-state index contributed by atoms with van der Waals surface area (Å²) in [5, 5.41) is -5.52. The normalized spacial score (nSPS) is 14.7. The van der Waals surface area contributed by atoms with E-state index in [0.29, 0.717) is 50.3 Å². The Labute approximate surface area is 284 Å². The van der Waals surface area contributed by atoms with Crippen LogP contribution in [0.4, 0.5) is 26.3 Å². The zero-order valence-electron chi connectivity index (χ0n) is 30.1. The summed E-state index contributed by atoms with van der Waals surface area (Å²) < 4.78 is 118. The molecule has 47 heavy (non-hydrogen) atoms. The van der Waals surface area contributed by atoms with Gasteiger partial charge < -0.3 is 0 Å². The van der Waals surface area contributed by atoms with Crippen LogP contribution in [0.1, 0.15) is 182 Å².